The number of nitrogens with one attached hydrogen (secondary N) is 1. The van der Waals surface area contributed by atoms with Crippen LogP contribution in [0.5, 0.6) is 0 Å². The van der Waals surface area contributed by atoms with Gasteiger partial charge in [0.25, 0.3) is 0 Å². The molecule has 0 amide bonds. The van der Waals surface area contributed by atoms with E-state index in [0.717, 1.165) is 5.56 Å². The smallest absolute Gasteiger partial charge is 0.351 e. The third kappa shape index (κ3) is 3.74. The zero-order valence-electron chi connectivity index (χ0n) is 14.2. The Morgan fingerprint density at radius 2 is 1.83 bits per heavy atom. The topological polar surface area (TPSA) is 75.6 Å². The SMILES string of the molecule is CC(C)=C1OC(=O)C(C(=O)/C=C(\C)NC(C)c2ccccc2)=C1O. The van der Waals surface area contributed by atoms with E-state index >= 15 is 0 Å². The first-order chi connectivity index (χ1) is 11.3. The van der Waals surface area contributed by atoms with Crippen molar-refractivity contribution in [3.63, 3.8) is 0 Å². The molecule has 0 aromatic heterocycles. The minimum absolute atomic E-state index is 0.00157. The third-order valence-corrected chi connectivity index (χ3v) is 3.64. The molecule has 1 aromatic rings. The molecule has 1 aliphatic heterocycles. The van der Waals surface area contributed by atoms with E-state index in [4.69, 9.17) is 4.74 Å². The summed E-state index contributed by atoms with van der Waals surface area (Å²) in [6, 6.07) is 9.78. The van der Waals surface area contributed by atoms with Gasteiger partial charge in [-0.3, -0.25) is 4.79 Å². The first kappa shape index (κ1) is 17.5. The molecule has 0 saturated heterocycles. The Bertz CT molecular complexity index is 753. The van der Waals surface area contributed by atoms with Crippen molar-refractivity contribution in [3.05, 3.63) is 70.3 Å². The van der Waals surface area contributed by atoms with Gasteiger partial charge >= 0.3 is 5.97 Å². The molecular formula is C19H21NO4. The van der Waals surface area contributed by atoms with Crippen LogP contribution in [0.1, 0.15) is 39.3 Å². The molecule has 1 heterocycles. The first-order valence-electron chi connectivity index (χ1n) is 7.68. The molecule has 2 N–H and O–H groups in total. The van der Waals surface area contributed by atoms with Gasteiger partial charge in [0.15, 0.2) is 22.9 Å². The Balaban J connectivity index is 2.17. The lowest BCUT2D eigenvalue weighted by Crippen LogP contribution is -2.18. The fraction of sp³-hybridized carbons (Fsp3) is 0.263. The fourth-order valence-electron chi connectivity index (χ4n) is 2.44. The molecule has 0 spiro atoms. The molecule has 24 heavy (non-hydrogen) atoms. The highest BCUT2D eigenvalue weighted by atomic mass is 16.6. The van der Waals surface area contributed by atoms with Crippen molar-refractivity contribution >= 4 is 11.8 Å². The summed E-state index contributed by atoms with van der Waals surface area (Å²) < 4.78 is 4.95. The molecule has 2 rings (SSSR count). The first-order valence-corrected chi connectivity index (χ1v) is 7.68. The number of cyclic esters (lactones) is 1. The quantitative estimate of drug-likeness (QED) is 0.492. The summed E-state index contributed by atoms with van der Waals surface area (Å²) in [6.07, 6.45) is 1.29. The van der Waals surface area contributed by atoms with Crippen LogP contribution in [-0.2, 0) is 14.3 Å². The average Bonchev–Trinajstić information content (AvgIpc) is 2.83. The Hall–Kier alpha value is -2.82. The molecule has 0 radical (unpaired) electrons. The van der Waals surface area contributed by atoms with Crippen LogP contribution in [0.15, 0.2) is 64.8 Å². The van der Waals surface area contributed by atoms with Gasteiger partial charge in [0.1, 0.15) is 0 Å². The van der Waals surface area contributed by atoms with Crippen molar-refractivity contribution in [1.29, 1.82) is 0 Å². The number of benzene rings is 1. The van der Waals surface area contributed by atoms with E-state index in [1.807, 2.05) is 37.3 Å². The fourth-order valence-corrected chi connectivity index (χ4v) is 2.44. The molecule has 1 atom stereocenters. The summed E-state index contributed by atoms with van der Waals surface area (Å²) in [7, 11) is 0. The van der Waals surface area contributed by atoms with Crippen LogP contribution >= 0.6 is 0 Å². The number of hydrogen-bond acceptors (Lipinski definition) is 5. The number of ether oxygens (including phenoxy) is 1. The lowest BCUT2D eigenvalue weighted by Gasteiger charge is -2.15. The number of hydrogen-bond donors (Lipinski definition) is 2. The van der Waals surface area contributed by atoms with E-state index in [2.05, 4.69) is 5.32 Å². The molecule has 126 valence electrons. The van der Waals surface area contributed by atoms with Crippen molar-refractivity contribution in [2.24, 2.45) is 0 Å². The number of rotatable bonds is 5. The van der Waals surface area contributed by atoms with Gasteiger partial charge in [-0.2, -0.15) is 0 Å². The summed E-state index contributed by atoms with van der Waals surface area (Å²) in [5, 5.41) is 13.2. The van der Waals surface area contributed by atoms with Crippen LogP contribution in [0.4, 0.5) is 0 Å². The number of allylic oxidation sites excluding steroid dienone is 3. The number of esters is 1. The monoisotopic (exact) mass is 327 g/mol. The minimum Gasteiger partial charge on any atom is -0.504 e. The standard InChI is InChI=1S/C19H21NO4/c1-11(2)18-17(22)16(19(23)24-18)15(21)10-12(3)20-13(4)14-8-6-5-7-9-14/h5-10,13,20,22H,1-4H3/b12-10+. The van der Waals surface area contributed by atoms with E-state index in [9.17, 15) is 14.7 Å². The molecule has 5 nitrogen and oxygen atoms in total. The van der Waals surface area contributed by atoms with Crippen molar-refractivity contribution in [2.75, 3.05) is 0 Å². The number of carbonyl (C=O) groups excluding carboxylic acids is 2. The highest BCUT2D eigenvalue weighted by molar-refractivity contribution is 6.24. The molecule has 0 aliphatic carbocycles. The summed E-state index contributed by atoms with van der Waals surface area (Å²) >= 11 is 0. The normalized spacial score (nSPS) is 16.1. The molecule has 0 bridgehead atoms. The molecule has 0 fully saturated rings. The number of carbonyl (C=O) groups is 2. The van der Waals surface area contributed by atoms with Gasteiger partial charge < -0.3 is 15.2 Å². The molecule has 1 aliphatic rings. The van der Waals surface area contributed by atoms with Gasteiger partial charge in [0.05, 0.1) is 0 Å². The van der Waals surface area contributed by atoms with Crippen LogP contribution in [-0.4, -0.2) is 16.9 Å². The van der Waals surface area contributed by atoms with Crippen molar-refractivity contribution in [1.82, 2.24) is 5.32 Å². The molecule has 5 heteroatoms. The highest BCUT2D eigenvalue weighted by Gasteiger charge is 2.34. The summed E-state index contributed by atoms with van der Waals surface area (Å²) in [5.41, 5.74) is 1.96. The van der Waals surface area contributed by atoms with E-state index in [1.165, 1.54) is 6.08 Å². The second-order valence-electron chi connectivity index (χ2n) is 5.91. The van der Waals surface area contributed by atoms with Crippen LogP contribution < -0.4 is 5.32 Å². The predicted molar refractivity (Wildman–Crippen MR) is 90.9 cm³/mol. The molecule has 0 saturated carbocycles. The van der Waals surface area contributed by atoms with Gasteiger partial charge in [0.2, 0.25) is 0 Å². The minimum atomic E-state index is -0.825. The van der Waals surface area contributed by atoms with Crippen LogP contribution in [0.3, 0.4) is 0 Å². The lowest BCUT2D eigenvalue weighted by atomic mass is 10.1. The van der Waals surface area contributed by atoms with Gasteiger partial charge in [-0.1, -0.05) is 30.3 Å². The van der Waals surface area contributed by atoms with Gasteiger partial charge in [-0.25, -0.2) is 4.79 Å². The Kier molecular flexibility index (Phi) is 5.24. The average molecular weight is 327 g/mol. The number of ketones is 1. The van der Waals surface area contributed by atoms with Crippen LogP contribution in [0, 0.1) is 0 Å². The van der Waals surface area contributed by atoms with E-state index in [0.29, 0.717) is 11.3 Å². The second-order valence-corrected chi connectivity index (χ2v) is 5.91. The zero-order valence-corrected chi connectivity index (χ0v) is 14.2. The second kappa shape index (κ2) is 7.17. The van der Waals surface area contributed by atoms with Gasteiger partial charge in [-0.05, 0) is 38.8 Å². The third-order valence-electron chi connectivity index (χ3n) is 3.64. The van der Waals surface area contributed by atoms with Crippen molar-refractivity contribution in [3.8, 4) is 0 Å². The van der Waals surface area contributed by atoms with Gasteiger partial charge in [0, 0.05) is 17.8 Å². The summed E-state index contributed by atoms with van der Waals surface area (Å²) in [5.74, 6) is -1.75. The van der Waals surface area contributed by atoms with E-state index in [-0.39, 0.29) is 17.4 Å². The predicted octanol–water partition coefficient (Wildman–Crippen LogP) is 3.47. The largest absolute Gasteiger partial charge is 0.504 e. The van der Waals surface area contributed by atoms with E-state index < -0.39 is 17.5 Å². The number of aliphatic hydroxyl groups excluding tert-OH is 1. The van der Waals surface area contributed by atoms with Crippen LogP contribution in [0.2, 0.25) is 0 Å². The van der Waals surface area contributed by atoms with Crippen molar-refractivity contribution < 1.29 is 19.4 Å². The molecule has 1 unspecified atom stereocenters. The maximum atomic E-state index is 12.3. The number of aliphatic hydroxyl groups is 1. The highest BCUT2D eigenvalue weighted by Crippen LogP contribution is 2.27. The van der Waals surface area contributed by atoms with Gasteiger partial charge in [-0.15, -0.1) is 0 Å². The van der Waals surface area contributed by atoms with Crippen LogP contribution in [0.25, 0.3) is 0 Å². The maximum Gasteiger partial charge on any atom is 0.351 e. The van der Waals surface area contributed by atoms with Crippen molar-refractivity contribution in [2.45, 2.75) is 33.7 Å². The zero-order chi connectivity index (χ0) is 17.9. The summed E-state index contributed by atoms with van der Waals surface area (Å²) in [6.45, 7) is 7.09. The Labute approximate surface area is 141 Å². The Morgan fingerprint density at radius 1 is 1.21 bits per heavy atom. The van der Waals surface area contributed by atoms with E-state index in [1.54, 1.807) is 20.8 Å². The maximum absolute atomic E-state index is 12.3. The Morgan fingerprint density at radius 3 is 2.38 bits per heavy atom. The molecule has 1 aromatic carbocycles. The summed E-state index contributed by atoms with van der Waals surface area (Å²) in [4.78, 5) is 24.1. The molecular weight excluding hydrogens is 306 g/mol. The lowest BCUT2D eigenvalue weighted by molar-refractivity contribution is -0.134.